The number of fused-ring (bicyclic) bond motifs is 1. The van der Waals surface area contributed by atoms with Crippen LogP contribution in [0.15, 0.2) is 36.4 Å². The van der Waals surface area contributed by atoms with Crippen LogP contribution in [0.4, 0.5) is 0 Å². The fourth-order valence-electron chi connectivity index (χ4n) is 1.94. The lowest BCUT2D eigenvalue weighted by atomic mass is 10.0. The summed E-state index contributed by atoms with van der Waals surface area (Å²) in [4.78, 5) is 0. The van der Waals surface area contributed by atoms with E-state index in [0.717, 1.165) is 18.8 Å². The summed E-state index contributed by atoms with van der Waals surface area (Å²) in [6.07, 6.45) is 0. The Morgan fingerprint density at radius 2 is 1.94 bits per heavy atom. The molecule has 0 saturated heterocycles. The Bertz CT molecular complexity index is 479. The molecule has 2 aromatic rings. The second-order valence-electron chi connectivity index (χ2n) is 3.75. The van der Waals surface area contributed by atoms with E-state index in [0.29, 0.717) is 0 Å². The molecule has 0 bridgehead atoms. The number of ether oxygens (including phenoxy) is 1. The van der Waals surface area contributed by atoms with Crippen molar-refractivity contribution in [1.29, 1.82) is 0 Å². The van der Waals surface area contributed by atoms with Gasteiger partial charge in [0.2, 0.25) is 0 Å². The zero-order chi connectivity index (χ0) is 11.4. The number of rotatable bonds is 4. The topological polar surface area (TPSA) is 21.3 Å². The summed E-state index contributed by atoms with van der Waals surface area (Å²) >= 11 is 0. The summed E-state index contributed by atoms with van der Waals surface area (Å²) in [6, 6.07) is 12.5. The van der Waals surface area contributed by atoms with Crippen molar-refractivity contribution < 1.29 is 4.74 Å². The van der Waals surface area contributed by atoms with Crippen LogP contribution in [0.5, 0.6) is 5.75 Å². The van der Waals surface area contributed by atoms with Crippen molar-refractivity contribution in [3.63, 3.8) is 0 Å². The van der Waals surface area contributed by atoms with Crippen LogP contribution in [0.2, 0.25) is 0 Å². The van der Waals surface area contributed by atoms with Crippen molar-refractivity contribution in [2.24, 2.45) is 0 Å². The molecule has 0 unspecified atom stereocenters. The molecule has 0 heterocycles. The summed E-state index contributed by atoms with van der Waals surface area (Å²) in [5.41, 5.74) is 1.24. The van der Waals surface area contributed by atoms with Crippen molar-refractivity contribution in [3.8, 4) is 5.75 Å². The number of hydrogen-bond acceptors (Lipinski definition) is 2. The van der Waals surface area contributed by atoms with Gasteiger partial charge in [-0.2, -0.15) is 0 Å². The van der Waals surface area contributed by atoms with Crippen LogP contribution in [0.1, 0.15) is 12.5 Å². The van der Waals surface area contributed by atoms with Crippen molar-refractivity contribution in [1.82, 2.24) is 5.32 Å². The van der Waals surface area contributed by atoms with Gasteiger partial charge >= 0.3 is 0 Å². The molecule has 0 amide bonds. The average molecular weight is 215 g/mol. The van der Waals surface area contributed by atoms with Crippen LogP contribution in [0.25, 0.3) is 10.8 Å². The molecule has 16 heavy (non-hydrogen) atoms. The molecule has 0 aliphatic rings. The Morgan fingerprint density at radius 3 is 2.69 bits per heavy atom. The van der Waals surface area contributed by atoms with Gasteiger partial charge in [0.05, 0.1) is 7.11 Å². The Labute approximate surface area is 96.2 Å². The highest BCUT2D eigenvalue weighted by molar-refractivity contribution is 5.87. The van der Waals surface area contributed by atoms with Gasteiger partial charge in [-0.05, 0) is 23.4 Å². The number of nitrogens with one attached hydrogen (secondary N) is 1. The molecule has 0 aliphatic carbocycles. The van der Waals surface area contributed by atoms with Crippen molar-refractivity contribution >= 4 is 10.8 Å². The first-order valence-electron chi connectivity index (χ1n) is 5.62. The van der Waals surface area contributed by atoms with Gasteiger partial charge in [-0.1, -0.05) is 37.3 Å². The molecule has 1 N–H and O–H groups in total. The lowest BCUT2D eigenvalue weighted by Crippen LogP contribution is -2.12. The maximum Gasteiger partial charge on any atom is 0.123 e. The predicted octanol–water partition coefficient (Wildman–Crippen LogP) is 2.96. The Morgan fingerprint density at radius 1 is 1.12 bits per heavy atom. The van der Waals surface area contributed by atoms with Crippen molar-refractivity contribution in [2.75, 3.05) is 13.7 Å². The second kappa shape index (κ2) is 4.99. The first-order chi connectivity index (χ1) is 7.86. The van der Waals surface area contributed by atoms with Gasteiger partial charge in [-0.3, -0.25) is 0 Å². The highest BCUT2D eigenvalue weighted by Crippen LogP contribution is 2.27. The van der Waals surface area contributed by atoms with E-state index in [1.54, 1.807) is 7.11 Å². The third-order valence-corrected chi connectivity index (χ3v) is 2.77. The van der Waals surface area contributed by atoms with Gasteiger partial charge in [0.25, 0.3) is 0 Å². The lowest BCUT2D eigenvalue weighted by molar-refractivity contribution is 0.409. The number of hydrogen-bond donors (Lipinski definition) is 1. The van der Waals surface area contributed by atoms with E-state index >= 15 is 0 Å². The molecule has 0 spiro atoms. The first kappa shape index (κ1) is 11.0. The van der Waals surface area contributed by atoms with Crippen LogP contribution in [-0.2, 0) is 6.54 Å². The molecule has 2 nitrogen and oxygen atoms in total. The second-order valence-corrected chi connectivity index (χ2v) is 3.75. The highest BCUT2D eigenvalue weighted by Gasteiger charge is 2.06. The first-order valence-corrected chi connectivity index (χ1v) is 5.62. The molecule has 0 radical (unpaired) electrons. The van der Waals surface area contributed by atoms with E-state index < -0.39 is 0 Å². The van der Waals surface area contributed by atoms with Crippen molar-refractivity contribution in [2.45, 2.75) is 13.5 Å². The maximum atomic E-state index is 5.41. The van der Waals surface area contributed by atoms with E-state index in [-0.39, 0.29) is 0 Å². The Hall–Kier alpha value is -1.54. The predicted molar refractivity (Wildman–Crippen MR) is 67.9 cm³/mol. The van der Waals surface area contributed by atoms with Gasteiger partial charge in [0.1, 0.15) is 5.75 Å². The normalized spacial score (nSPS) is 10.6. The summed E-state index contributed by atoms with van der Waals surface area (Å²) in [5, 5.41) is 5.88. The van der Waals surface area contributed by atoms with Crippen LogP contribution in [0.3, 0.4) is 0 Å². The number of methoxy groups -OCH3 is 1. The monoisotopic (exact) mass is 215 g/mol. The Kier molecular flexibility index (Phi) is 3.42. The molecular weight excluding hydrogens is 198 g/mol. The van der Waals surface area contributed by atoms with Gasteiger partial charge < -0.3 is 10.1 Å². The van der Waals surface area contributed by atoms with E-state index in [4.69, 9.17) is 4.74 Å². The molecule has 2 rings (SSSR count). The minimum absolute atomic E-state index is 0.848. The third kappa shape index (κ3) is 2.02. The van der Waals surface area contributed by atoms with E-state index in [1.807, 2.05) is 6.07 Å². The molecule has 84 valence electrons. The molecule has 0 atom stereocenters. The molecule has 0 fully saturated rings. The summed E-state index contributed by atoms with van der Waals surface area (Å²) < 4.78 is 5.41. The van der Waals surface area contributed by atoms with E-state index in [2.05, 4.69) is 42.6 Å². The van der Waals surface area contributed by atoms with Crippen LogP contribution in [-0.4, -0.2) is 13.7 Å². The average Bonchev–Trinajstić information content (AvgIpc) is 2.35. The van der Waals surface area contributed by atoms with Gasteiger partial charge in [0, 0.05) is 12.1 Å². The summed E-state index contributed by atoms with van der Waals surface area (Å²) in [7, 11) is 1.72. The van der Waals surface area contributed by atoms with Crippen molar-refractivity contribution in [3.05, 3.63) is 42.0 Å². The Balaban J connectivity index is 2.54. The molecular formula is C14H17NO. The van der Waals surface area contributed by atoms with E-state index in [1.165, 1.54) is 16.3 Å². The molecule has 2 aromatic carbocycles. The molecule has 0 aromatic heterocycles. The molecule has 0 aliphatic heterocycles. The van der Waals surface area contributed by atoms with Gasteiger partial charge in [-0.15, -0.1) is 0 Å². The largest absolute Gasteiger partial charge is 0.496 e. The fraction of sp³-hybridized carbons (Fsp3) is 0.286. The quantitative estimate of drug-likeness (QED) is 0.846. The fourth-order valence-corrected chi connectivity index (χ4v) is 1.94. The maximum absolute atomic E-state index is 5.41. The SMILES string of the molecule is CCNCc1c(OC)ccc2ccccc12. The lowest BCUT2D eigenvalue weighted by Gasteiger charge is -2.12. The molecule has 2 heteroatoms. The number of benzene rings is 2. The standard InChI is InChI=1S/C14H17NO/c1-3-15-10-13-12-7-5-4-6-11(12)8-9-14(13)16-2/h4-9,15H,3,10H2,1-2H3. The van der Waals surface area contributed by atoms with Crippen LogP contribution in [0, 0.1) is 0 Å². The van der Waals surface area contributed by atoms with Crippen LogP contribution < -0.4 is 10.1 Å². The summed E-state index contributed by atoms with van der Waals surface area (Å²) in [5.74, 6) is 0.958. The zero-order valence-corrected chi connectivity index (χ0v) is 9.79. The zero-order valence-electron chi connectivity index (χ0n) is 9.79. The molecule has 0 saturated carbocycles. The summed E-state index contributed by atoms with van der Waals surface area (Å²) in [6.45, 7) is 3.92. The smallest absolute Gasteiger partial charge is 0.123 e. The third-order valence-electron chi connectivity index (χ3n) is 2.77. The minimum Gasteiger partial charge on any atom is -0.496 e. The van der Waals surface area contributed by atoms with Gasteiger partial charge in [-0.25, -0.2) is 0 Å². The van der Waals surface area contributed by atoms with Gasteiger partial charge in [0.15, 0.2) is 0 Å². The highest BCUT2D eigenvalue weighted by atomic mass is 16.5. The van der Waals surface area contributed by atoms with E-state index in [9.17, 15) is 0 Å². The minimum atomic E-state index is 0.848. The van der Waals surface area contributed by atoms with Crippen LogP contribution >= 0.6 is 0 Å².